The van der Waals surface area contributed by atoms with Crippen LogP contribution in [0.3, 0.4) is 0 Å². The second-order valence-electron chi connectivity index (χ2n) is 12.2. The van der Waals surface area contributed by atoms with E-state index >= 15 is 0 Å². The van der Waals surface area contributed by atoms with Crippen molar-refractivity contribution in [3.63, 3.8) is 0 Å². The molecule has 0 aliphatic heterocycles. The molecule has 0 aliphatic carbocycles. The molecule has 0 saturated carbocycles. The third kappa shape index (κ3) is 33.4. The molecule has 232 valence electrons. The van der Waals surface area contributed by atoms with Gasteiger partial charge in [0.25, 0.3) is 0 Å². The standard InChI is InChI=1S/C36H70O3/c1-3-5-7-9-11-13-15-17-19-21-23-25-29-35(37)31-27-33-39-34-28-32-36(38)30-26-24-22-20-18-16-14-12-10-8-6-4-2/h3-34H2,1-2H3. The van der Waals surface area contributed by atoms with Gasteiger partial charge in [-0.15, -0.1) is 0 Å². The van der Waals surface area contributed by atoms with Gasteiger partial charge in [0.1, 0.15) is 11.6 Å². The molecule has 3 nitrogen and oxygen atoms in total. The number of Topliss-reactive ketones (excluding diaryl/α,β-unsaturated/α-hetero) is 2. The van der Waals surface area contributed by atoms with Crippen LogP contribution in [0.25, 0.3) is 0 Å². The number of hydrogen-bond acceptors (Lipinski definition) is 3. The molecule has 0 aliphatic rings. The first-order valence-corrected chi connectivity index (χ1v) is 17.8. The van der Waals surface area contributed by atoms with Crippen LogP contribution in [-0.4, -0.2) is 24.8 Å². The van der Waals surface area contributed by atoms with E-state index in [9.17, 15) is 9.59 Å². The number of ketones is 2. The second-order valence-corrected chi connectivity index (χ2v) is 12.2. The summed E-state index contributed by atoms with van der Waals surface area (Å²) in [6, 6.07) is 0. The van der Waals surface area contributed by atoms with Crippen molar-refractivity contribution in [1.82, 2.24) is 0 Å². The Morgan fingerprint density at radius 1 is 0.333 bits per heavy atom. The summed E-state index contributed by atoms with van der Waals surface area (Å²) in [4.78, 5) is 24.1. The Morgan fingerprint density at radius 3 is 0.846 bits per heavy atom. The lowest BCUT2D eigenvalue weighted by Crippen LogP contribution is -2.04. The lowest BCUT2D eigenvalue weighted by molar-refractivity contribution is -0.120. The molecule has 0 aromatic rings. The molecule has 0 saturated heterocycles. The average Bonchev–Trinajstić information content (AvgIpc) is 2.93. The molecule has 3 heteroatoms. The summed E-state index contributed by atoms with van der Waals surface area (Å²) in [5.41, 5.74) is 0. The molecule has 0 atom stereocenters. The average molecular weight is 551 g/mol. The van der Waals surface area contributed by atoms with Crippen LogP contribution in [0.15, 0.2) is 0 Å². The van der Waals surface area contributed by atoms with Gasteiger partial charge in [0.2, 0.25) is 0 Å². The highest BCUT2D eigenvalue weighted by molar-refractivity contribution is 5.78. The molecule has 0 fully saturated rings. The minimum atomic E-state index is 0.392. The van der Waals surface area contributed by atoms with Gasteiger partial charge in [-0.05, 0) is 25.7 Å². The van der Waals surface area contributed by atoms with Gasteiger partial charge in [0.05, 0.1) is 0 Å². The maximum atomic E-state index is 12.1. The van der Waals surface area contributed by atoms with Crippen molar-refractivity contribution >= 4 is 11.6 Å². The van der Waals surface area contributed by atoms with E-state index in [-0.39, 0.29) is 0 Å². The van der Waals surface area contributed by atoms with Crippen LogP contribution in [0, 0.1) is 0 Å². The van der Waals surface area contributed by atoms with Gasteiger partial charge in [-0.3, -0.25) is 9.59 Å². The van der Waals surface area contributed by atoms with Crippen LogP contribution in [-0.2, 0) is 14.3 Å². The van der Waals surface area contributed by atoms with Gasteiger partial charge in [0.15, 0.2) is 0 Å². The fourth-order valence-electron chi connectivity index (χ4n) is 5.42. The van der Waals surface area contributed by atoms with Crippen LogP contribution in [0.2, 0.25) is 0 Å². The summed E-state index contributed by atoms with van der Waals surface area (Å²) in [5.74, 6) is 0.784. The highest BCUT2D eigenvalue weighted by atomic mass is 16.5. The van der Waals surface area contributed by atoms with Gasteiger partial charge >= 0.3 is 0 Å². The van der Waals surface area contributed by atoms with E-state index in [2.05, 4.69) is 13.8 Å². The zero-order valence-corrected chi connectivity index (χ0v) is 26.9. The molecule has 0 unspecified atom stereocenters. The number of hydrogen-bond donors (Lipinski definition) is 0. The monoisotopic (exact) mass is 551 g/mol. The molecule has 0 amide bonds. The van der Waals surface area contributed by atoms with Gasteiger partial charge in [-0.1, -0.05) is 155 Å². The highest BCUT2D eigenvalue weighted by Gasteiger charge is 2.04. The van der Waals surface area contributed by atoms with E-state index in [1.54, 1.807) is 0 Å². The van der Waals surface area contributed by atoms with Crippen molar-refractivity contribution in [2.75, 3.05) is 13.2 Å². The van der Waals surface area contributed by atoms with Crippen molar-refractivity contribution in [3.8, 4) is 0 Å². The molecule has 0 aromatic heterocycles. The molecular weight excluding hydrogens is 480 g/mol. The molecule has 0 heterocycles. The van der Waals surface area contributed by atoms with E-state index in [1.807, 2.05) is 0 Å². The molecular formula is C36H70O3. The van der Waals surface area contributed by atoms with Crippen molar-refractivity contribution in [1.29, 1.82) is 0 Å². The third-order valence-corrected chi connectivity index (χ3v) is 8.11. The summed E-state index contributed by atoms with van der Waals surface area (Å²) < 4.78 is 5.66. The largest absolute Gasteiger partial charge is 0.381 e. The Bertz CT molecular complexity index is 458. The Kier molecular flexibility index (Phi) is 32.9. The predicted octanol–water partition coefficient (Wildman–Crippen LogP) is 11.9. The quantitative estimate of drug-likeness (QED) is 0.0748. The fraction of sp³-hybridized carbons (Fsp3) is 0.944. The summed E-state index contributed by atoms with van der Waals surface area (Å²) in [7, 11) is 0. The fourth-order valence-corrected chi connectivity index (χ4v) is 5.42. The highest BCUT2D eigenvalue weighted by Crippen LogP contribution is 2.14. The SMILES string of the molecule is CCCCCCCCCCCCCCC(=O)CCCOCCCC(=O)CCCCCCCCCCCCCC. The Balaban J connectivity index is 3.25. The van der Waals surface area contributed by atoms with E-state index < -0.39 is 0 Å². The molecule has 0 rings (SSSR count). The van der Waals surface area contributed by atoms with Crippen LogP contribution in [0.4, 0.5) is 0 Å². The normalized spacial score (nSPS) is 11.3. The second kappa shape index (κ2) is 33.5. The summed E-state index contributed by atoms with van der Waals surface area (Å²) in [6.45, 7) is 5.85. The minimum absolute atomic E-state index is 0.392. The molecule has 0 N–H and O–H groups in total. The first-order valence-electron chi connectivity index (χ1n) is 17.8. The van der Waals surface area contributed by atoms with Gasteiger partial charge in [0, 0.05) is 38.9 Å². The van der Waals surface area contributed by atoms with E-state index in [4.69, 9.17) is 4.74 Å². The first-order chi connectivity index (χ1) is 19.2. The van der Waals surface area contributed by atoms with E-state index in [1.165, 1.54) is 141 Å². The first kappa shape index (κ1) is 38.3. The lowest BCUT2D eigenvalue weighted by atomic mass is 10.0. The predicted molar refractivity (Wildman–Crippen MR) is 171 cm³/mol. The third-order valence-electron chi connectivity index (χ3n) is 8.11. The van der Waals surface area contributed by atoms with Gasteiger partial charge in [-0.25, -0.2) is 0 Å². The topological polar surface area (TPSA) is 43.4 Å². The number of carbonyl (C=O) groups excluding carboxylic acids is 2. The summed E-state index contributed by atoms with van der Waals surface area (Å²) in [6.07, 6.45) is 36.4. The minimum Gasteiger partial charge on any atom is -0.381 e. The van der Waals surface area contributed by atoms with Crippen LogP contribution in [0.1, 0.15) is 206 Å². The van der Waals surface area contributed by atoms with Crippen LogP contribution < -0.4 is 0 Å². The number of ether oxygens (including phenoxy) is 1. The molecule has 39 heavy (non-hydrogen) atoms. The Labute approximate surface area is 245 Å². The van der Waals surface area contributed by atoms with E-state index in [0.717, 1.165) is 38.5 Å². The van der Waals surface area contributed by atoms with Crippen molar-refractivity contribution in [2.24, 2.45) is 0 Å². The van der Waals surface area contributed by atoms with Gasteiger partial charge < -0.3 is 4.74 Å². The van der Waals surface area contributed by atoms with Crippen LogP contribution in [0.5, 0.6) is 0 Å². The summed E-state index contributed by atoms with van der Waals surface area (Å²) in [5, 5.41) is 0. The summed E-state index contributed by atoms with van der Waals surface area (Å²) >= 11 is 0. The lowest BCUT2D eigenvalue weighted by Gasteiger charge is -2.05. The molecule has 0 spiro atoms. The Morgan fingerprint density at radius 2 is 0.564 bits per heavy atom. The zero-order chi connectivity index (χ0) is 28.5. The number of unbranched alkanes of at least 4 members (excludes halogenated alkanes) is 22. The van der Waals surface area contributed by atoms with Crippen molar-refractivity contribution in [3.05, 3.63) is 0 Å². The van der Waals surface area contributed by atoms with Crippen molar-refractivity contribution in [2.45, 2.75) is 206 Å². The molecule has 0 radical (unpaired) electrons. The van der Waals surface area contributed by atoms with E-state index in [0.29, 0.717) is 37.6 Å². The van der Waals surface area contributed by atoms with Crippen LogP contribution >= 0.6 is 0 Å². The Hall–Kier alpha value is -0.700. The number of carbonyl (C=O) groups is 2. The maximum Gasteiger partial charge on any atom is 0.132 e. The smallest absolute Gasteiger partial charge is 0.132 e. The maximum absolute atomic E-state index is 12.1. The van der Waals surface area contributed by atoms with Crippen molar-refractivity contribution < 1.29 is 14.3 Å². The zero-order valence-electron chi connectivity index (χ0n) is 26.9. The van der Waals surface area contributed by atoms with Gasteiger partial charge in [-0.2, -0.15) is 0 Å². The number of rotatable bonds is 34. The molecule has 0 aromatic carbocycles. The molecule has 0 bridgehead atoms.